The Hall–Kier alpha value is -2.88. The highest BCUT2D eigenvalue weighted by Crippen LogP contribution is 2.35. The van der Waals surface area contributed by atoms with E-state index in [-0.39, 0.29) is 17.6 Å². The number of ether oxygens (including phenoxy) is 2. The summed E-state index contributed by atoms with van der Waals surface area (Å²) in [7, 11) is 0. The molecule has 0 radical (unpaired) electrons. The summed E-state index contributed by atoms with van der Waals surface area (Å²) >= 11 is 0. The largest absolute Gasteiger partial charge is 0.494 e. The van der Waals surface area contributed by atoms with Crippen molar-refractivity contribution in [3.63, 3.8) is 0 Å². The van der Waals surface area contributed by atoms with Gasteiger partial charge in [0.15, 0.2) is 5.78 Å². The number of rotatable bonds is 10. The molecule has 1 aliphatic rings. The summed E-state index contributed by atoms with van der Waals surface area (Å²) in [6.45, 7) is 9.24. The number of carbonyl (C=O) groups excluding carboxylic acids is 2. The first kappa shape index (κ1) is 25.7. The second-order valence-corrected chi connectivity index (χ2v) is 9.68. The molecule has 1 saturated carbocycles. The molecule has 0 bridgehead atoms. The zero-order valence-electron chi connectivity index (χ0n) is 21.0. The minimum Gasteiger partial charge on any atom is -0.494 e. The van der Waals surface area contributed by atoms with Gasteiger partial charge >= 0.3 is 5.97 Å². The predicted molar refractivity (Wildman–Crippen MR) is 137 cm³/mol. The van der Waals surface area contributed by atoms with E-state index in [4.69, 9.17) is 9.47 Å². The summed E-state index contributed by atoms with van der Waals surface area (Å²) in [6, 6.07) is 14.4. The molecule has 0 spiro atoms. The number of unbranched alkanes of at least 4 members (excludes halogenated alkanes) is 3. The molecule has 3 rings (SSSR count). The number of ketones is 1. The van der Waals surface area contributed by atoms with Crippen molar-refractivity contribution < 1.29 is 19.1 Å². The highest BCUT2D eigenvalue weighted by Gasteiger charge is 2.32. The van der Waals surface area contributed by atoms with Gasteiger partial charge in [0.25, 0.3) is 0 Å². The van der Waals surface area contributed by atoms with Crippen molar-refractivity contribution in [2.45, 2.75) is 66.2 Å². The highest BCUT2D eigenvalue weighted by atomic mass is 16.5. The third-order valence-corrected chi connectivity index (χ3v) is 6.64. The number of hydrogen-bond acceptors (Lipinski definition) is 4. The van der Waals surface area contributed by atoms with Gasteiger partial charge in [-0.3, -0.25) is 4.79 Å². The Morgan fingerprint density at radius 1 is 0.971 bits per heavy atom. The van der Waals surface area contributed by atoms with Crippen molar-refractivity contribution in [3.05, 3.63) is 65.2 Å². The van der Waals surface area contributed by atoms with E-state index < -0.39 is 5.97 Å². The molecule has 0 unspecified atom stereocenters. The molecule has 2 aromatic carbocycles. The molecule has 2 aromatic rings. The third kappa shape index (κ3) is 7.06. The summed E-state index contributed by atoms with van der Waals surface area (Å²) < 4.78 is 11.3. The summed E-state index contributed by atoms with van der Waals surface area (Å²) in [5, 5.41) is 0. The van der Waals surface area contributed by atoms with Gasteiger partial charge in [0.1, 0.15) is 11.5 Å². The van der Waals surface area contributed by atoms with Gasteiger partial charge in [-0.2, -0.15) is 0 Å². The standard InChI is InChI=1S/C30H38O4/c1-5-6-7-8-19-33-25-14-16-26(17-15-25)34-30(32)24-12-10-23(11-13-24)20-28-22(4)9-18-27(21(2)3)29(28)31/h10-17,20-22,27H,5-9,18-19H2,1-4H3/b28-20+/t22-,27-/m1/s1. The van der Waals surface area contributed by atoms with Gasteiger partial charge in [-0.05, 0) is 84.7 Å². The van der Waals surface area contributed by atoms with Crippen molar-refractivity contribution in [3.8, 4) is 11.5 Å². The van der Waals surface area contributed by atoms with Crippen LogP contribution in [0.1, 0.15) is 82.1 Å². The Balaban J connectivity index is 1.58. The van der Waals surface area contributed by atoms with Crippen LogP contribution in [-0.2, 0) is 4.79 Å². The molecule has 0 aromatic heterocycles. The molecule has 34 heavy (non-hydrogen) atoms. The smallest absolute Gasteiger partial charge is 0.343 e. The fourth-order valence-electron chi connectivity index (χ4n) is 4.41. The number of hydrogen-bond donors (Lipinski definition) is 0. The lowest BCUT2D eigenvalue weighted by atomic mass is 9.73. The third-order valence-electron chi connectivity index (χ3n) is 6.64. The first-order valence-electron chi connectivity index (χ1n) is 12.7. The average molecular weight is 463 g/mol. The number of Topliss-reactive ketones (excluding diaryl/α,β-unsaturated/α-hetero) is 1. The van der Waals surface area contributed by atoms with E-state index in [0.717, 1.165) is 36.1 Å². The number of carbonyl (C=O) groups is 2. The summed E-state index contributed by atoms with van der Waals surface area (Å²) in [5.41, 5.74) is 2.30. The van der Waals surface area contributed by atoms with E-state index in [1.54, 1.807) is 24.3 Å². The van der Waals surface area contributed by atoms with Crippen molar-refractivity contribution in [1.29, 1.82) is 0 Å². The Labute approximate surface area is 204 Å². The maximum absolute atomic E-state index is 12.9. The van der Waals surface area contributed by atoms with Crippen molar-refractivity contribution >= 4 is 17.8 Å². The predicted octanol–water partition coefficient (Wildman–Crippen LogP) is 7.52. The lowest BCUT2D eigenvalue weighted by Crippen LogP contribution is -2.30. The SMILES string of the molecule is CCCCCCOc1ccc(OC(=O)c2ccc(/C=C3/C(=O)[C@@H](C(C)C)CC[C@H]3C)cc2)cc1. The van der Waals surface area contributed by atoms with Crippen molar-refractivity contribution in [2.24, 2.45) is 17.8 Å². The maximum Gasteiger partial charge on any atom is 0.343 e. The van der Waals surface area contributed by atoms with E-state index >= 15 is 0 Å². The van der Waals surface area contributed by atoms with Crippen LogP contribution in [0.25, 0.3) is 6.08 Å². The lowest BCUT2D eigenvalue weighted by Gasteiger charge is -2.30. The van der Waals surface area contributed by atoms with Gasteiger partial charge in [-0.25, -0.2) is 4.79 Å². The van der Waals surface area contributed by atoms with Crippen molar-refractivity contribution in [1.82, 2.24) is 0 Å². The van der Waals surface area contributed by atoms with Crippen LogP contribution in [0.5, 0.6) is 11.5 Å². The summed E-state index contributed by atoms with van der Waals surface area (Å²) in [5.74, 6) is 1.84. The van der Waals surface area contributed by atoms with Crippen LogP contribution in [0, 0.1) is 17.8 Å². The van der Waals surface area contributed by atoms with Crippen LogP contribution in [0.15, 0.2) is 54.1 Å². The molecule has 0 saturated heterocycles. The molecule has 0 aliphatic heterocycles. The van der Waals surface area contributed by atoms with Crippen LogP contribution in [0.4, 0.5) is 0 Å². The second kappa shape index (κ2) is 12.5. The molecule has 4 heteroatoms. The minimum atomic E-state index is -0.408. The quantitative estimate of drug-likeness (QED) is 0.159. The number of allylic oxidation sites excluding steroid dienone is 1. The first-order valence-corrected chi connectivity index (χ1v) is 12.7. The molecule has 2 atom stereocenters. The van der Waals surface area contributed by atoms with Gasteiger partial charge in [0, 0.05) is 5.92 Å². The van der Waals surface area contributed by atoms with Crippen molar-refractivity contribution in [2.75, 3.05) is 6.61 Å². The maximum atomic E-state index is 12.9. The molecule has 0 amide bonds. The molecule has 1 fully saturated rings. The fourth-order valence-corrected chi connectivity index (χ4v) is 4.41. The van der Waals surface area contributed by atoms with E-state index in [1.165, 1.54) is 19.3 Å². The Kier molecular flexibility index (Phi) is 9.50. The molecule has 0 N–H and O–H groups in total. The van der Waals surface area contributed by atoms with Gasteiger partial charge in [0.05, 0.1) is 12.2 Å². The van der Waals surface area contributed by atoms with E-state index in [0.29, 0.717) is 23.8 Å². The normalized spacial score (nSPS) is 19.4. The van der Waals surface area contributed by atoms with Crippen LogP contribution >= 0.6 is 0 Å². The van der Waals surface area contributed by atoms with E-state index in [2.05, 4.69) is 27.7 Å². The zero-order chi connectivity index (χ0) is 24.5. The second-order valence-electron chi connectivity index (χ2n) is 9.68. The summed E-state index contributed by atoms with van der Waals surface area (Å²) in [4.78, 5) is 25.5. The molecular formula is C30H38O4. The average Bonchev–Trinajstić information content (AvgIpc) is 2.82. The van der Waals surface area contributed by atoms with Crippen LogP contribution in [-0.4, -0.2) is 18.4 Å². The van der Waals surface area contributed by atoms with Gasteiger partial charge in [-0.15, -0.1) is 0 Å². The number of benzene rings is 2. The zero-order valence-corrected chi connectivity index (χ0v) is 21.0. The summed E-state index contributed by atoms with van der Waals surface area (Å²) in [6.07, 6.45) is 8.64. The fraction of sp³-hybridized carbons (Fsp3) is 0.467. The molecular weight excluding hydrogens is 424 g/mol. The molecule has 0 heterocycles. The monoisotopic (exact) mass is 462 g/mol. The Morgan fingerprint density at radius 3 is 2.29 bits per heavy atom. The molecule has 4 nitrogen and oxygen atoms in total. The van der Waals surface area contributed by atoms with Gasteiger partial charge < -0.3 is 9.47 Å². The van der Waals surface area contributed by atoms with Crippen LogP contribution in [0.2, 0.25) is 0 Å². The van der Waals surface area contributed by atoms with Crippen LogP contribution in [0.3, 0.4) is 0 Å². The topological polar surface area (TPSA) is 52.6 Å². The van der Waals surface area contributed by atoms with Gasteiger partial charge in [-0.1, -0.05) is 59.1 Å². The lowest BCUT2D eigenvalue weighted by molar-refractivity contribution is -0.122. The van der Waals surface area contributed by atoms with E-state index in [1.807, 2.05) is 30.3 Å². The first-order chi connectivity index (χ1) is 16.4. The van der Waals surface area contributed by atoms with Gasteiger partial charge in [0.2, 0.25) is 0 Å². The Bertz CT molecular complexity index is 970. The molecule has 1 aliphatic carbocycles. The highest BCUT2D eigenvalue weighted by molar-refractivity contribution is 6.02. The molecule has 182 valence electrons. The number of esters is 1. The minimum absolute atomic E-state index is 0.106. The van der Waals surface area contributed by atoms with E-state index in [9.17, 15) is 9.59 Å². The Morgan fingerprint density at radius 2 is 1.65 bits per heavy atom. The van der Waals surface area contributed by atoms with Crippen LogP contribution < -0.4 is 9.47 Å².